The molecule has 5 rings (SSSR count). The number of carbonyl (C=O) groups is 1. The van der Waals surface area contributed by atoms with Crippen molar-refractivity contribution in [2.24, 2.45) is 0 Å². The van der Waals surface area contributed by atoms with Crippen LogP contribution in [0.5, 0.6) is 0 Å². The van der Waals surface area contributed by atoms with E-state index >= 15 is 0 Å². The zero-order valence-corrected chi connectivity index (χ0v) is 14.8. The number of aromatic nitrogens is 4. The van der Waals surface area contributed by atoms with Crippen molar-refractivity contribution in [1.82, 2.24) is 19.9 Å². The summed E-state index contributed by atoms with van der Waals surface area (Å²) >= 11 is 1.70. The maximum atomic E-state index is 12.3. The molecule has 7 heteroatoms. The number of nitrogens with zero attached hydrogens (tertiary/aromatic N) is 3. The number of carbonyl (C=O) groups excluding carboxylic acids is 1. The van der Waals surface area contributed by atoms with Gasteiger partial charge in [0.15, 0.2) is 0 Å². The minimum Gasteiger partial charge on any atom is -0.345 e. The van der Waals surface area contributed by atoms with Gasteiger partial charge in [0.2, 0.25) is 0 Å². The molecule has 1 amide bonds. The Morgan fingerprint density at radius 3 is 2.74 bits per heavy atom. The second-order valence-corrected chi connectivity index (χ2v) is 7.09. The Labute approximate surface area is 157 Å². The van der Waals surface area contributed by atoms with Gasteiger partial charge in [-0.05, 0) is 41.8 Å². The summed E-state index contributed by atoms with van der Waals surface area (Å²) in [6.07, 6.45) is 8.80. The van der Waals surface area contributed by atoms with Gasteiger partial charge in [0, 0.05) is 52.4 Å². The molecule has 0 aliphatic rings. The number of anilines is 1. The standard InChI is InChI=1S/C20H13N5OS/c26-20(12-3-6-21-7-4-12)25-18-2-1-14-15(10-23-19(14)24-18)16-9-13-5-8-22-11-17(13)27-16/h1-11H,(H2,23,24,25,26). The first kappa shape index (κ1) is 15.7. The summed E-state index contributed by atoms with van der Waals surface area (Å²) in [5, 5.41) is 5.00. The molecule has 5 aromatic rings. The second kappa shape index (κ2) is 6.30. The van der Waals surface area contributed by atoms with E-state index in [2.05, 4.69) is 31.3 Å². The Bertz CT molecular complexity index is 1240. The topological polar surface area (TPSA) is 83.6 Å². The number of H-pyrrole nitrogens is 1. The SMILES string of the molecule is O=C(Nc1ccc2c(-c3cc4ccncc4s3)c[nH]c2n1)c1ccncc1. The van der Waals surface area contributed by atoms with Crippen LogP contribution in [-0.4, -0.2) is 25.8 Å². The lowest BCUT2D eigenvalue weighted by molar-refractivity contribution is 0.102. The van der Waals surface area contributed by atoms with E-state index in [-0.39, 0.29) is 5.91 Å². The van der Waals surface area contributed by atoms with Gasteiger partial charge in [-0.3, -0.25) is 14.8 Å². The summed E-state index contributed by atoms with van der Waals surface area (Å²) in [6, 6.07) is 11.3. The Morgan fingerprint density at radius 1 is 1.04 bits per heavy atom. The first-order valence-electron chi connectivity index (χ1n) is 8.31. The van der Waals surface area contributed by atoms with Crippen molar-refractivity contribution < 1.29 is 4.79 Å². The maximum Gasteiger partial charge on any atom is 0.256 e. The molecule has 0 atom stereocenters. The van der Waals surface area contributed by atoms with Gasteiger partial charge in [-0.2, -0.15) is 0 Å². The van der Waals surface area contributed by atoms with E-state index < -0.39 is 0 Å². The van der Waals surface area contributed by atoms with Crippen molar-refractivity contribution in [2.75, 3.05) is 5.32 Å². The van der Waals surface area contributed by atoms with Crippen LogP contribution in [0.2, 0.25) is 0 Å². The summed E-state index contributed by atoms with van der Waals surface area (Å²) in [6.45, 7) is 0. The van der Waals surface area contributed by atoms with Gasteiger partial charge in [0.25, 0.3) is 5.91 Å². The molecule has 0 aliphatic carbocycles. The van der Waals surface area contributed by atoms with Crippen LogP contribution in [0, 0.1) is 0 Å². The van der Waals surface area contributed by atoms with Crippen LogP contribution >= 0.6 is 11.3 Å². The maximum absolute atomic E-state index is 12.3. The molecular formula is C20H13N5OS. The molecule has 0 unspecified atom stereocenters. The largest absolute Gasteiger partial charge is 0.345 e. The second-order valence-electron chi connectivity index (χ2n) is 6.01. The fraction of sp³-hybridized carbons (Fsp3) is 0. The molecule has 130 valence electrons. The monoisotopic (exact) mass is 371 g/mol. The lowest BCUT2D eigenvalue weighted by atomic mass is 10.1. The number of hydrogen-bond donors (Lipinski definition) is 2. The van der Waals surface area contributed by atoms with Crippen molar-refractivity contribution in [3.05, 3.63) is 72.9 Å². The number of thiophene rings is 1. The van der Waals surface area contributed by atoms with E-state index in [1.54, 1.807) is 42.1 Å². The minimum atomic E-state index is -0.215. The van der Waals surface area contributed by atoms with Crippen LogP contribution in [0.1, 0.15) is 10.4 Å². The lowest BCUT2D eigenvalue weighted by Crippen LogP contribution is -2.12. The number of hydrogen-bond acceptors (Lipinski definition) is 5. The van der Waals surface area contributed by atoms with Crippen molar-refractivity contribution in [1.29, 1.82) is 0 Å². The number of pyridine rings is 3. The van der Waals surface area contributed by atoms with Crippen molar-refractivity contribution >= 4 is 44.2 Å². The Morgan fingerprint density at radius 2 is 1.89 bits per heavy atom. The molecule has 2 N–H and O–H groups in total. The smallest absolute Gasteiger partial charge is 0.256 e. The number of rotatable bonds is 3. The van der Waals surface area contributed by atoms with Gasteiger partial charge in [-0.15, -0.1) is 11.3 Å². The van der Waals surface area contributed by atoms with Gasteiger partial charge >= 0.3 is 0 Å². The van der Waals surface area contributed by atoms with E-state index in [9.17, 15) is 4.79 Å². The molecule has 0 saturated carbocycles. The number of nitrogens with one attached hydrogen (secondary N) is 2. The summed E-state index contributed by atoms with van der Waals surface area (Å²) in [4.78, 5) is 29.3. The highest BCUT2D eigenvalue weighted by Crippen LogP contribution is 2.36. The lowest BCUT2D eigenvalue weighted by Gasteiger charge is -2.04. The van der Waals surface area contributed by atoms with Gasteiger partial charge in [-0.1, -0.05) is 0 Å². The van der Waals surface area contributed by atoms with Crippen LogP contribution < -0.4 is 5.32 Å². The van der Waals surface area contributed by atoms with Crippen molar-refractivity contribution in [2.45, 2.75) is 0 Å². The number of aromatic amines is 1. The minimum absolute atomic E-state index is 0.215. The highest BCUT2D eigenvalue weighted by atomic mass is 32.1. The molecule has 0 spiro atoms. The summed E-state index contributed by atoms with van der Waals surface area (Å²) in [5.74, 6) is 0.284. The molecule has 0 radical (unpaired) electrons. The third kappa shape index (κ3) is 2.84. The fourth-order valence-corrected chi connectivity index (χ4v) is 4.05. The van der Waals surface area contributed by atoms with E-state index in [0.29, 0.717) is 11.4 Å². The first-order valence-corrected chi connectivity index (χ1v) is 9.13. The first-order chi connectivity index (χ1) is 13.3. The van der Waals surface area contributed by atoms with E-state index in [0.717, 1.165) is 26.2 Å². The molecule has 5 aromatic heterocycles. The van der Waals surface area contributed by atoms with E-state index in [1.165, 1.54) is 5.39 Å². The molecule has 0 aliphatic heterocycles. The summed E-state index contributed by atoms with van der Waals surface area (Å²) in [5.41, 5.74) is 2.36. The zero-order valence-electron chi connectivity index (χ0n) is 14.0. The van der Waals surface area contributed by atoms with E-state index in [4.69, 9.17) is 0 Å². The molecule has 0 aromatic carbocycles. The van der Waals surface area contributed by atoms with Crippen LogP contribution in [0.3, 0.4) is 0 Å². The quantitative estimate of drug-likeness (QED) is 0.489. The van der Waals surface area contributed by atoms with Crippen molar-refractivity contribution in [3.8, 4) is 10.4 Å². The third-order valence-electron chi connectivity index (χ3n) is 4.31. The fourth-order valence-electron chi connectivity index (χ4n) is 2.99. The average molecular weight is 371 g/mol. The summed E-state index contributed by atoms with van der Waals surface area (Å²) < 4.78 is 1.15. The Hall–Kier alpha value is -3.58. The van der Waals surface area contributed by atoms with E-state index in [1.807, 2.05) is 30.6 Å². The molecule has 6 nitrogen and oxygen atoms in total. The zero-order chi connectivity index (χ0) is 18.2. The number of fused-ring (bicyclic) bond motifs is 2. The summed E-state index contributed by atoms with van der Waals surface area (Å²) in [7, 11) is 0. The van der Waals surface area contributed by atoms with Crippen LogP contribution in [-0.2, 0) is 0 Å². The van der Waals surface area contributed by atoms with Gasteiger partial charge in [-0.25, -0.2) is 4.98 Å². The Balaban J connectivity index is 1.48. The van der Waals surface area contributed by atoms with Crippen LogP contribution in [0.4, 0.5) is 5.82 Å². The molecular weight excluding hydrogens is 358 g/mol. The van der Waals surface area contributed by atoms with Gasteiger partial charge in [0.1, 0.15) is 11.5 Å². The molecule has 27 heavy (non-hydrogen) atoms. The van der Waals surface area contributed by atoms with Gasteiger partial charge in [0.05, 0.1) is 4.70 Å². The van der Waals surface area contributed by atoms with Crippen LogP contribution in [0.25, 0.3) is 31.6 Å². The Kier molecular flexibility index (Phi) is 3.65. The highest BCUT2D eigenvalue weighted by Gasteiger charge is 2.12. The van der Waals surface area contributed by atoms with Gasteiger partial charge < -0.3 is 10.3 Å². The average Bonchev–Trinajstić information content (AvgIpc) is 3.32. The highest BCUT2D eigenvalue weighted by molar-refractivity contribution is 7.22. The molecule has 5 heterocycles. The van der Waals surface area contributed by atoms with Crippen molar-refractivity contribution in [3.63, 3.8) is 0 Å². The number of amides is 1. The van der Waals surface area contributed by atoms with Crippen LogP contribution in [0.15, 0.2) is 67.4 Å². The normalized spacial score (nSPS) is 11.1. The predicted molar refractivity (Wildman–Crippen MR) is 107 cm³/mol. The molecule has 0 bridgehead atoms. The molecule has 0 fully saturated rings. The molecule has 0 saturated heterocycles. The predicted octanol–water partition coefficient (Wildman–Crippen LogP) is 4.49. The third-order valence-corrected chi connectivity index (χ3v) is 5.43.